The molecule has 162 valence electrons. The third-order valence-electron chi connectivity index (χ3n) is 5.06. The van der Waals surface area contributed by atoms with Gasteiger partial charge in [0.25, 0.3) is 0 Å². The third-order valence-corrected chi connectivity index (χ3v) is 5.06. The summed E-state index contributed by atoms with van der Waals surface area (Å²) in [6.45, 7) is 4.46. The molecule has 2 aromatic carbocycles. The fourth-order valence-corrected chi connectivity index (χ4v) is 3.30. The van der Waals surface area contributed by atoms with Gasteiger partial charge in [0, 0.05) is 11.1 Å². The summed E-state index contributed by atoms with van der Waals surface area (Å²) in [5, 5.41) is 0. The number of pyridine rings is 1. The average Bonchev–Trinajstić information content (AvgIpc) is 2.73. The van der Waals surface area contributed by atoms with Gasteiger partial charge >= 0.3 is 6.18 Å². The highest BCUT2D eigenvalue weighted by atomic mass is 19.4. The van der Waals surface area contributed by atoms with Crippen molar-refractivity contribution in [3.63, 3.8) is 0 Å². The van der Waals surface area contributed by atoms with Gasteiger partial charge in [-0.05, 0) is 48.6 Å². The molecule has 3 aromatic rings. The van der Waals surface area contributed by atoms with E-state index in [0.717, 1.165) is 17.7 Å². The summed E-state index contributed by atoms with van der Waals surface area (Å²) in [4.78, 5) is 3.61. The van der Waals surface area contributed by atoms with E-state index in [-0.39, 0.29) is 5.56 Å². The van der Waals surface area contributed by atoms with E-state index in [1.54, 1.807) is 6.92 Å². The van der Waals surface area contributed by atoms with Gasteiger partial charge in [-0.1, -0.05) is 43.8 Å². The summed E-state index contributed by atoms with van der Waals surface area (Å²) in [6, 6.07) is 13.6. The molecule has 0 spiro atoms. The van der Waals surface area contributed by atoms with Crippen molar-refractivity contribution in [2.45, 2.75) is 31.9 Å². The maximum absolute atomic E-state index is 15.3. The summed E-state index contributed by atoms with van der Waals surface area (Å²) in [7, 11) is 0. The summed E-state index contributed by atoms with van der Waals surface area (Å²) >= 11 is 0. The summed E-state index contributed by atoms with van der Waals surface area (Å²) in [5.74, 6) is -3.81. The van der Waals surface area contributed by atoms with Crippen LogP contribution in [0.5, 0.6) is 0 Å². The van der Waals surface area contributed by atoms with Crippen molar-refractivity contribution in [3.8, 4) is 11.3 Å². The fourth-order valence-electron chi connectivity index (χ4n) is 3.30. The molecule has 1 aromatic heterocycles. The number of allylic oxidation sites excluding steroid dienone is 1. The van der Waals surface area contributed by atoms with Gasteiger partial charge in [-0.2, -0.15) is 13.2 Å². The van der Waals surface area contributed by atoms with Crippen LogP contribution in [-0.4, -0.2) is 11.2 Å². The predicted octanol–water partition coefficient (Wildman–Crippen LogP) is 7.48. The minimum Gasteiger partial charge on any atom is -0.242 e. The van der Waals surface area contributed by atoms with Crippen LogP contribution in [0, 0.1) is 17.5 Å². The van der Waals surface area contributed by atoms with Crippen molar-refractivity contribution in [2.24, 2.45) is 0 Å². The molecule has 0 aliphatic heterocycles. The molecule has 0 aliphatic rings. The van der Waals surface area contributed by atoms with Gasteiger partial charge in [0.2, 0.25) is 0 Å². The highest BCUT2D eigenvalue weighted by molar-refractivity contribution is 5.70. The Balaban J connectivity index is 2.10. The molecule has 0 amide bonds. The maximum atomic E-state index is 15.3. The number of aromatic nitrogens is 1. The standard InChI is InChI=1S/C24H19F6N/c1-14(8-9-16-6-4-3-5-7-16)19-20(26)22(15(2)24(28,29)30)31-23(21(19)27)17-10-12-18(25)13-11-17/h3-7,10-14H,2,8-9H2,1H3. The van der Waals surface area contributed by atoms with E-state index in [1.807, 2.05) is 30.3 Å². The molecule has 0 saturated carbocycles. The second-order valence-corrected chi connectivity index (χ2v) is 7.26. The molecule has 0 fully saturated rings. The lowest BCUT2D eigenvalue weighted by Gasteiger charge is -2.20. The van der Waals surface area contributed by atoms with Crippen LogP contribution in [0.15, 0.2) is 61.2 Å². The van der Waals surface area contributed by atoms with E-state index in [4.69, 9.17) is 0 Å². The highest BCUT2D eigenvalue weighted by Gasteiger charge is 2.38. The molecule has 0 N–H and O–H groups in total. The smallest absolute Gasteiger partial charge is 0.242 e. The maximum Gasteiger partial charge on any atom is 0.418 e. The molecule has 0 radical (unpaired) electrons. The van der Waals surface area contributed by atoms with Gasteiger partial charge in [-0.3, -0.25) is 0 Å². The summed E-state index contributed by atoms with van der Waals surface area (Å²) in [6.07, 6.45) is -4.18. The van der Waals surface area contributed by atoms with Crippen molar-refractivity contribution in [1.29, 1.82) is 0 Å². The van der Waals surface area contributed by atoms with Crippen molar-refractivity contribution < 1.29 is 26.3 Å². The Hall–Kier alpha value is -3.09. The van der Waals surface area contributed by atoms with Crippen LogP contribution in [0.1, 0.15) is 36.1 Å². The van der Waals surface area contributed by atoms with Crippen molar-refractivity contribution in [3.05, 3.63) is 95.4 Å². The van der Waals surface area contributed by atoms with Crippen LogP contribution in [-0.2, 0) is 6.42 Å². The molecule has 1 atom stereocenters. The van der Waals surface area contributed by atoms with Crippen molar-refractivity contribution in [2.75, 3.05) is 0 Å². The Morgan fingerprint density at radius 3 is 2.13 bits per heavy atom. The molecule has 1 unspecified atom stereocenters. The lowest BCUT2D eigenvalue weighted by atomic mass is 9.90. The third kappa shape index (κ3) is 4.98. The number of benzene rings is 2. The molecule has 1 nitrogen and oxygen atoms in total. The van der Waals surface area contributed by atoms with Crippen LogP contribution >= 0.6 is 0 Å². The van der Waals surface area contributed by atoms with Crippen LogP contribution in [0.4, 0.5) is 26.3 Å². The van der Waals surface area contributed by atoms with Crippen LogP contribution in [0.25, 0.3) is 16.8 Å². The Kier molecular flexibility index (Phi) is 6.53. The Labute approximate surface area is 176 Å². The van der Waals surface area contributed by atoms with Crippen LogP contribution in [0.2, 0.25) is 0 Å². The number of halogens is 6. The van der Waals surface area contributed by atoms with E-state index < -0.39 is 52.1 Å². The SMILES string of the molecule is C=C(c1nc(-c2ccc(F)cc2)c(F)c(C(C)CCc2ccccc2)c1F)C(F)(F)F. The van der Waals surface area contributed by atoms with E-state index in [2.05, 4.69) is 11.6 Å². The molecule has 31 heavy (non-hydrogen) atoms. The number of alkyl halides is 3. The summed E-state index contributed by atoms with van der Waals surface area (Å²) < 4.78 is 83.5. The second-order valence-electron chi connectivity index (χ2n) is 7.26. The second kappa shape index (κ2) is 8.96. The topological polar surface area (TPSA) is 12.9 Å². The monoisotopic (exact) mass is 435 g/mol. The van der Waals surface area contributed by atoms with Crippen molar-refractivity contribution in [1.82, 2.24) is 4.98 Å². The number of nitrogens with zero attached hydrogens (tertiary/aromatic N) is 1. The van der Waals surface area contributed by atoms with Crippen LogP contribution in [0.3, 0.4) is 0 Å². The van der Waals surface area contributed by atoms with Crippen molar-refractivity contribution >= 4 is 5.57 Å². The highest BCUT2D eigenvalue weighted by Crippen LogP contribution is 2.39. The van der Waals surface area contributed by atoms with Crippen LogP contribution < -0.4 is 0 Å². The molecular formula is C24H19F6N. The zero-order valence-corrected chi connectivity index (χ0v) is 16.6. The lowest BCUT2D eigenvalue weighted by Crippen LogP contribution is -2.16. The lowest BCUT2D eigenvalue weighted by molar-refractivity contribution is -0.0691. The molecule has 3 rings (SSSR count). The molecular weight excluding hydrogens is 416 g/mol. The number of hydrogen-bond acceptors (Lipinski definition) is 1. The Morgan fingerprint density at radius 2 is 1.55 bits per heavy atom. The zero-order valence-electron chi connectivity index (χ0n) is 16.6. The van der Waals surface area contributed by atoms with E-state index in [9.17, 15) is 17.6 Å². The first-order valence-corrected chi connectivity index (χ1v) is 9.54. The summed E-state index contributed by atoms with van der Waals surface area (Å²) in [5.41, 5.74) is -2.58. The van der Waals surface area contributed by atoms with Gasteiger partial charge in [0.05, 0.1) is 5.57 Å². The van der Waals surface area contributed by atoms with E-state index in [1.165, 1.54) is 12.1 Å². The molecule has 7 heteroatoms. The Morgan fingerprint density at radius 1 is 0.935 bits per heavy atom. The van der Waals surface area contributed by atoms with Gasteiger partial charge in [0.1, 0.15) is 17.2 Å². The Bertz CT molecular complexity index is 1070. The normalized spacial score (nSPS) is 12.6. The van der Waals surface area contributed by atoms with Gasteiger partial charge in [0.15, 0.2) is 11.6 Å². The molecule has 0 aliphatic carbocycles. The number of rotatable bonds is 6. The molecule has 0 saturated heterocycles. The predicted molar refractivity (Wildman–Crippen MR) is 108 cm³/mol. The van der Waals surface area contributed by atoms with Gasteiger partial charge in [-0.15, -0.1) is 0 Å². The first kappa shape index (κ1) is 22.6. The van der Waals surface area contributed by atoms with E-state index >= 15 is 8.78 Å². The molecule has 1 heterocycles. The zero-order chi connectivity index (χ0) is 22.8. The van der Waals surface area contributed by atoms with Gasteiger partial charge < -0.3 is 0 Å². The quantitative estimate of drug-likeness (QED) is 0.366. The number of hydrogen-bond donors (Lipinski definition) is 0. The largest absolute Gasteiger partial charge is 0.418 e. The fraction of sp³-hybridized carbons (Fsp3) is 0.208. The first-order chi connectivity index (χ1) is 14.6. The van der Waals surface area contributed by atoms with E-state index in [0.29, 0.717) is 12.8 Å². The minimum atomic E-state index is -4.95. The molecule has 0 bridgehead atoms. The average molecular weight is 435 g/mol. The number of aryl methyl sites for hydroxylation is 1. The van der Waals surface area contributed by atoms with Gasteiger partial charge in [-0.25, -0.2) is 18.2 Å². The first-order valence-electron chi connectivity index (χ1n) is 9.54. The minimum absolute atomic E-state index is 0.0339.